The molecule has 0 amide bonds. The number of alkyl halides is 3. The summed E-state index contributed by atoms with van der Waals surface area (Å²) >= 11 is 0. The quantitative estimate of drug-likeness (QED) is 0.465. The lowest BCUT2D eigenvalue weighted by Crippen LogP contribution is -2.25. The highest BCUT2D eigenvalue weighted by atomic mass is 32.2. The van der Waals surface area contributed by atoms with Gasteiger partial charge in [0.1, 0.15) is 5.76 Å². The topological polar surface area (TPSA) is 77.1 Å². The summed E-state index contributed by atoms with van der Waals surface area (Å²) in [5, 5.41) is 3.44. The molecule has 2 heterocycles. The highest BCUT2D eigenvalue weighted by molar-refractivity contribution is 7.92. The van der Waals surface area contributed by atoms with Crippen LogP contribution in [-0.4, -0.2) is 18.3 Å². The van der Waals surface area contributed by atoms with Crippen LogP contribution in [0.3, 0.4) is 0 Å². The third-order valence-corrected chi connectivity index (χ3v) is 5.77. The number of nitrogens with one attached hydrogen (secondary N) is 1. The van der Waals surface area contributed by atoms with Crippen molar-refractivity contribution in [1.82, 2.24) is 9.89 Å². The molecule has 0 spiro atoms. The molecule has 2 aromatic heterocycles. The molecule has 1 N–H and O–H groups in total. The molecule has 0 unspecified atom stereocenters. The van der Waals surface area contributed by atoms with Crippen molar-refractivity contribution in [3.63, 3.8) is 0 Å². The van der Waals surface area contributed by atoms with Crippen LogP contribution >= 0.6 is 0 Å². The van der Waals surface area contributed by atoms with Crippen LogP contribution in [0.1, 0.15) is 17.0 Å². The van der Waals surface area contributed by atoms with Crippen LogP contribution in [0.4, 0.5) is 13.2 Å². The second kappa shape index (κ2) is 7.95. The summed E-state index contributed by atoms with van der Waals surface area (Å²) in [6, 6.07) is 18.4. The normalized spacial score (nSPS) is 12.1. The van der Waals surface area contributed by atoms with Crippen LogP contribution < -0.4 is 4.83 Å². The maximum Gasteiger partial charge on any atom is 0.435 e. The minimum atomic E-state index is -4.74. The van der Waals surface area contributed by atoms with Gasteiger partial charge in [0.2, 0.25) is 0 Å². The highest BCUT2D eigenvalue weighted by Crippen LogP contribution is 2.32. The lowest BCUT2D eigenvalue weighted by Gasteiger charge is -2.11. The first-order chi connectivity index (χ1) is 14.7. The predicted octanol–water partition coefficient (Wildman–Crippen LogP) is 4.69. The van der Waals surface area contributed by atoms with Crippen molar-refractivity contribution in [2.45, 2.75) is 17.5 Å². The smallest absolute Gasteiger partial charge is 0.435 e. The highest BCUT2D eigenvalue weighted by Gasteiger charge is 2.35. The van der Waals surface area contributed by atoms with Crippen LogP contribution in [0.5, 0.6) is 0 Å². The first-order valence-corrected chi connectivity index (χ1v) is 10.6. The van der Waals surface area contributed by atoms with Crippen LogP contribution in [0.15, 0.2) is 88.4 Å². The molecule has 0 saturated carbocycles. The molecule has 0 atom stereocenters. The van der Waals surface area contributed by atoms with Gasteiger partial charge in [0.05, 0.1) is 16.9 Å². The minimum absolute atomic E-state index is 0.0450. The summed E-state index contributed by atoms with van der Waals surface area (Å²) in [5.41, 5.74) is -0.0121. The zero-order valence-electron chi connectivity index (χ0n) is 15.9. The third kappa shape index (κ3) is 4.64. The number of aromatic nitrogens is 2. The van der Waals surface area contributed by atoms with Crippen LogP contribution in [0.25, 0.3) is 11.3 Å². The molecular formula is C21H16F3N3O3S. The van der Waals surface area contributed by atoms with Crippen molar-refractivity contribution >= 4 is 10.0 Å². The molecule has 0 aliphatic carbocycles. The zero-order valence-corrected chi connectivity index (χ0v) is 16.7. The first kappa shape index (κ1) is 20.7. The van der Waals surface area contributed by atoms with Crippen LogP contribution in [0.2, 0.25) is 0 Å². The summed E-state index contributed by atoms with van der Waals surface area (Å²) in [6.45, 7) is 0. The second-order valence-electron chi connectivity index (χ2n) is 6.69. The maximum atomic E-state index is 13.3. The SMILES string of the molecule is O=S(=O)(Nn1nc(C(F)(F)F)cc1-c1ccc(Cc2ccco2)cc1)c1ccccc1. The van der Waals surface area contributed by atoms with E-state index in [0.717, 1.165) is 17.4 Å². The van der Waals surface area contributed by atoms with E-state index in [1.165, 1.54) is 24.3 Å². The summed E-state index contributed by atoms with van der Waals surface area (Å²) in [6.07, 6.45) is -2.67. The summed E-state index contributed by atoms with van der Waals surface area (Å²) in [5.74, 6) is 0.743. The Morgan fingerprint density at radius 1 is 0.968 bits per heavy atom. The van der Waals surface area contributed by atoms with E-state index in [0.29, 0.717) is 16.8 Å². The monoisotopic (exact) mass is 447 g/mol. The van der Waals surface area contributed by atoms with Crippen molar-refractivity contribution in [3.05, 3.63) is 96.1 Å². The van der Waals surface area contributed by atoms with Gasteiger partial charge in [-0.15, -0.1) is 5.10 Å². The van der Waals surface area contributed by atoms with Gasteiger partial charge in [-0.3, -0.25) is 0 Å². The molecular weight excluding hydrogens is 431 g/mol. The molecule has 0 aliphatic heterocycles. The van der Waals surface area contributed by atoms with Crippen molar-refractivity contribution < 1.29 is 26.0 Å². The molecule has 0 bridgehead atoms. The van der Waals surface area contributed by atoms with Gasteiger partial charge in [-0.25, -0.2) is 0 Å². The molecule has 0 aliphatic rings. The number of furan rings is 1. The predicted molar refractivity (Wildman–Crippen MR) is 107 cm³/mol. The Morgan fingerprint density at radius 2 is 1.68 bits per heavy atom. The van der Waals surface area contributed by atoms with Crippen molar-refractivity contribution in [2.24, 2.45) is 0 Å². The number of nitrogens with zero attached hydrogens (tertiary/aromatic N) is 2. The van der Waals surface area contributed by atoms with E-state index in [2.05, 4.69) is 9.93 Å². The van der Waals surface area contributed by atoms with E-state index >= 15 is 0 Å². The Balaban J connectivity index is 1.69. The van der Waals surface area contributed by atoms with E-state index < -0.39 is 21.9 Å². The van der Waals surface area contributed by atoms with Gasteiger partial charge in [-0.2, -0.15) is 31.2 Å². The summed E-state index contributed by atoms with van der Waals surface area (Å²) < 4.78 is 70.3. The number of hydrogen-bond acceptors (Lipinski definition) is 4. The fourth-order valence-corrected chi connectivity index (χ4v) is 3.96. The van der Waals surface area contributed by atoms with Crippen molar-refractivity contribution in [2.75, 3.05) is 4.83 Å². The average Bonchev–Trinajstić information content (AvgIpc) is 3.39. The molecule has 0 fully saturated rings. The lowest BCUT2D eigenvalue weighted by molar-refractivity contribution is -0.141. The number of benzene rings is 2. The summed E-state index contributed by atoms with van der Waals surface area (Å²) in [4.78, 5) is 2.64. The molecule has 4 aromatic rings. The minimum Gasteiger partial charge on any atom is -0.469 e. The van der Waals surface area contributed by atoms with Gasteiger partial charge in [0.25, 0.3) is 10.0 Å². The zero-order chi connectivity index (χ0) is 22.1. The standard InChI is InChI=1S/C21H16F3N3O3S/c22-21(23,24)20-14-19(16-10-8-15(9-11-16)13-17-5-4-12-30-17)27(25-20)26-31(28,29)18-6-2-1-3-7-18/h1-12,14,26H,13H2. The van der Waals surface area contributed by atoms with E-state index in [1.54, 1.807) is 42.7 Å². The number of hydrogen-bond donors (Lipinski definition) is 1. The van der Waals surface area contributed by atoms with Crippen LogP contribution in [0, 0.1) is 0 Å². The number of rotatable bonds is 6. The Labute approximate surface area is 176 Å². The van der Waals surface area contributed by atoms with E-state index in [4.69, 9.17) is 4.42 Å². The molecule has 0 saturated heterocycles. The average molecular weight is 447 g/mol. The first-order valence-electron chi connectivity index (χ1n) is 9.09. The van der Waals surface area contributed by atoms with Gasteiger partial charge in [-0.05, 0) is 35.9 Å². The van der Waals surface area contributed by atoms with Crippen molar-refractivity contribution in [3.8, 4) is 11.3 Å². The van der Waals surface area contributed by atoms with E-state index in [1.807, 2.05) is 6.07 Å². The van der Waals surface area contributed by atoms with Crippen molar-refractivity contribution in [1.29, 1.82) is 0 Å². The van der Waals surface area contributed by atoms with E-state index in [9.17, 15) is 21.6 Å². The fraction of sp³-hybridized carbons (Fsp3) is 0.0952. The van der Waals surface area contributed by atoms with Gasteiger partial charge in [-0.1, -0.05) is 42.5 Å². The van der Waals surface area contributed by atoms with Gasteiger partial charge < -0.3 is 4.42 Å². The number of halogens is 3. The second-order valence-corrected chi connectivity index (χ2v) is 8.35. The molecule has 4 rings (SSSR count). The Hall–Kier alpha value is -3.53. The molecule has 31 heavy (non-hydrogen) atoms. The Morgan fingerprint density at radius 3 is 2.29 bits per heavy atom. The molecule has 2 aromatic carbocycles. The largest absolute Gasteiger partial charge is 0.469 e. The Bertz CT molecular complexity index is 1270. The van der Waals surface area contributed by atoms with Gasteiger partial charge in [0.15, 0.2) is 5.69 Å². The maximum absolute atomic E-state index is 13.3. The third-order valence-electron chi connectivity index (χ3n) is 4.47. The van der Waals surface area contributed by atoms with Crippen LogP contribution in [-0.2, 0) is 22.6 Å². The molecule has 0 radical (unpaired) electrons. The molecule has 160 valence electrons. The Kier molecular flexibility index (Phi) is 5.32. The molecule has 6 nitrogen and oxygen atoms in total. The van der Waals surface area contributed by atoms with E-state index in [-0.39, 0.29) is 10.6 Å². The van der Waals surface area contributed by atoms with Gasteiger partial charge in [0, 0.05) is 12.0 Å². The summed E-state index contributed by atoms with van der Waals surface area (Å²) in [7, 11) is -4.15. The molecule has 10 heteroatoms. The lowest BCUT2D eigenvalue weighted by atomic mass is 10.1. The number of sulfonamides is 1. The fourth-order valence-electron chi connectivity index (χ4n) is 2.97. The van der Waals surface area contributed by atoms with Gasteiger partial charge >= 0.3 is 6.18 Å².